The van der Waals surface area contributed by atoms with Crippen LogP contribution in [0.15, 0.2) is 47.4 Å². The molecule has 6 nitrogen and oxygen atoms in total. The van der Waals surface area contributed by atoms with Gasteiger partial charge in [0.05, 0.1) is 4.90 Å². The van der Waals surface area contributed by atoms with Crippen molar-refractivity contribution in [2.75, 3.05) is 16.9 Å². The van der Waals surface area contributed by atoms with Crippen LogP contribution in [0.2, 0.25) is 0 Å². The maximum absolute atomic E-state index is 12.5. The zero-order valence-electron chi connectivity index (χ0n) is 18.4. The minimum atomic E-state index is -3.40. The summed E-state index contributed by atoms with van der Waals surface area (Å²) >= 11 is 0. The van der Waals surface area contributed by atoms with Crippen LogP contribution < -0.4 is 10.6 Å². The zero-order valence-corrected chi connectivity index (χ0v) is 19.2. The Morgan fingerprint density at radius 2 is 1.70 bits per heavy atom. The second-order valence-corrected chi connectivity index (χ2v) is 10.8. The summed E-state index contributed by atoms with van der Waals surface area (Å²) in [5.74, 6) is -0.217. The Labute approximate surface area is 179 Å². The molecule has 0 aliphatic heterocycles. The standard InChI is InChI=1S/C23H30N2O4S/c1-15-12-18(24-21(26)13-16(2)23(3,4)5)10-11-20(15)25-22(27)17-8-7-9-19(14-17)30(6,28)29/h7-12,14,16H,13H2,1-6H3,(H,24,26)(H,25,27). The Bertz CT molecular complexity index is 1050. The molecule has 0 fully saturated rings. The van der Waals surface area contributed by atoms with Gasteiger partial charge in [-0.05, 0) is 60.2 Å². The highest BCUT2D eigenvalue weighted by Crippen LogP contribution is 2.28. The van der Waals surface area contributed by atoms with Crippen molar-refractivity contribution in [3.8, 4) is 0 Å². The first-order chi connectivity index (χ1) is 13.8. The van der Waals surface area contributed by atoms with Crippen LogP contribution >= 0.6 is 0 Å². The monoisotopic (exact) mass is 430 g/mol. The van der Waals surface area contributed by atoms with E-state index in [1.165, 1.54) is 18.2 Å². The minimum Gasteiger partial charge on any atom is -0.326 e. The molecule has 2 N–H and O–H groups in total. The second-order valence-electron chi connectivity index (χ2n) is 8.80. The number of amides is 2. The molecule has 2 amide bonds. The lowest BCUT2D eigenvalue weighted by atomic mass is 9.80. The number of anilines is 2. The predicted molar refractivity (Wildman–Crippen MR) is 121 cm³/mol. The SMILES string of the molecule is Cc1cc(NC(=O)CC(C)C(C)(C)C)ccc1NC(=O)c1cccc(S(C)(=O)=O)c1. The van der Waals surface area contributed by atoms with Gasteiger partial charge in [-0.15, -0.1) is 0 Å². The summed E-state index contributed by atoms with van der Waals surface area (Å²) in [5.41, 5.74) is 2.34. The molecule has 0 radical (unpaired) electrons. The van der Waals surface area contributed by atoms with E-state index in [1.54, 1.807) is 24.3 Å². The van der Waals surface area contributed by atoms with E-state index in [-0.39, 0.29) is 27.7 Å². The van der Waals surface area contributed by atoms with E-state index >= 15 is 0 Å². The largest absolute Gasteiger partial charge is 0.326 e. The number of aryl methyl sites for hydroxylation is 1. The maximum atomic E-state index is 12.5. The number of sulfone groups is 1. The lowest BCUT2D eigenvalue weighted by Gasteiger charge is -2.26. The number of nitrogens with one attached hydrogen (secondary N) is 2. The molecule has 2 rings (SSSR count). The summed E-state index contributed by atoms with van der Waals surface area (Å²) in [6.07, 6.45) is 1.53. The van der Waals surface area contributed by atoms with E-state index in [1.807, 2.05) is 6.92 Å². The van der Waals surface area contributed by atoms with E-state index in [0.717, 1.165) is 11.8 Å². The van der Waals surface area contributed by atoms with E-state index < -0.39 is 15.7 Å². The van der Waals surface area contributed by atoms with Crippen molar-refractivity contribution in [3.05, 3.63) is 53.6 Å². The molecule has 7 heteroatoms. The van der Waals surface area contributed by atoms with Gasteiger partial charge in [-0.25, -0.2) is 8.42 Å². The third kappa shape index (κ3) is 6.42. The summed E-state index contributed by atoms with van der Waals surface area (Å²) < 4.78 is 23.4. The van der Waals surface area contributed by atoms with Gasteiger partial charge in [0, 0.05) is 29.6 Å². The molecule has 2 aromatic carbocycles. The number of rotatable bonds is 6. The number of benzene rings is 2. The van der Waals surface area contributed by atoms with Gasteiger partial charge >= 0.3 is 0 Å². The molecule has 1 atom stereocenters. The van der Waals surface area contributed by atoms with Crippen LogP contribution in [0.4, 0.5) is 11.4 Å². The van der Waals surface area contributed by atoms with Crippen LogP contribution in [-0.4, -0.2) is 26.5 Å². The molecule has 0 heterocycles. The van der Waals surface area contributed by atoms with Crippen LogP contribution in [0.3, 0.4) is 0 Å². The van der Waals surface area contributed by atoms with Gasteiger partial charge in [0.1, 0.15) is 0 Å². The van der Waals surface area contributed by atoms with Crippen LogP contribution in [0, 0.1) is 18.3 Å². The fraction of sp³-hybridized carbons (Fsp3) is 0.391. The fourth-order valence-electron chi connectivity index (χ4n) is 2.74. The molecule has 0 aliphatic carbocycles. The van der Waals surface area contributed by atoms with Gasteiger partial charge in [0.15, 0.2) is 9.84 Å². The molecule has 30 heavy (non-hydrogen) atoms. The van der Waals surface area contributed by atoms with Crippen molar-refractivity contribution < 1.29 is 18.0 Å². The summed E-state index contributed by atoms with van der Waals surface area (Å²) in [7, 11) is -3.40. The number of carbonyl (C=O) groups is 2. The van der Waals surface area contributed by atoms with Crippen LogP contribution in [0.1, 0.15) is 50.0 Å². The van der Waals surface area contributed by atoms with Gasteiger partial charge < -0.3 is 10.6 Å². The molecule has 0 spiro atoms. The third-order valence-corrected chi connectivity index (χ3v) is 6.36. The molecule has 0 saturated heterocycles. The summed E-state index contributed by atoms with van der Waals surface area (Å²) in [6, 6.07) is 11.1. The Kier molecular flexibility index (Phi) is 7.08. The van der Waals surface area contributed by atoms with Gasteiger partial charge in [0.25, 0.3) is 5.91 Å². The first-order valence-electron chi connectivity index (χ1n) is 9.79. The number of carbonyl (C=O) groups excluding carboxylic acids is 2. The van der Waals surface area contributed by atoms with E-state index in [2.05, 4.69) is 38.3 Å². The first-order valence-corrected chi connectivity index (χ1v) is 11.7. The molecule has 162 valence electrons. The van der Waals surface area contributed by atoms with Crippen molar-refractivity contribution in [1.29, 1.82) is 0 Å². The first kappa shape index (κ1) is 23.6. The molecule has 0 bridgehead atoms. The van der Waals surface area contributed by atoms with Crippen molar-refractivity contribution >= 4 is 33.0 Å². The topological polar surface area (TPSA) is 92.3 Å². The predicted octanol–water partition coefficient (Wildman–Crippen LogP) is 4.66. The third-order valence-electron chi connectivity index (χ3n) is 5.25. The minimum absolute atomic E-state index is 0.0498. The molecule has 0 saturated carbocycles. The molecule has 1 unspecified atom stereocenters. The Morgan fingerprint density at radius 3 is 2.27 bits per heavy atom. The molecular weight excluding hydrogens is 400 g/mol. The lowest BCUT2D eigenvalue weighted by Crippen LogP contribution is -2.24. The fourth-order valence-corrected chi connectivity index (χ4v) is 3.41. The second kappa shape index (κ2) is 9.00. The Hall–Kier alpha value is -2.67. The van der Waals surface area contributed by atoms with Gasteiger partial charge in [-0.1, -0.05) is 33.8 Å². The van der Waals surface area contributed by atoms with Crippen molar-refractivity contribution in [3.63, 3.8) is 0 Å². The Morgan fingerprint density at radius 1 is 1.03 bits per heavy atom. The highest BCUT2D eigenvalue weighted by atomic mass is 32.2. The van der Waals surface area contributed by atoms with Gasteiger partial charge in [0.2, 0.25) is 5.91 Å². The average molecular weight is 431 g/mol. The number of hydrogen-bond acceptors (Lipinski definition) is 4. The van der Waals surface area contributed by atoms with Crippen molar-refractivity contribution in [2.24, 2.45) is 11.3 Å². The normalized spacial score (nSPS) is 12.9. The van der Waals surface area contributed by atoms with E-state index in [0.29, 0.717) is 17.8 Å². The van der Waals surface area contributed by atoms with Crippen molar-refractivity contribution in [1.82, 2.24) is 0 Å². The van der Waals surface area contributed by atoms with Crippen LogP contribution in [0.25, 0.3) is 0 Å². The lowest BCUT2D eigenvalue weighted by molar-refractivity contribution is -0.117. The smallest absolute Gasteiger partial charge is 0.255 e. The molecule has 0 aromatic heterocycles. The molecule has 2 aromatic rings. The summed E-state index contributed by atoms with van der Waals surface area (Å²) in [4.78, 5) is 25.0. The zero-order chi connectivity index (χ0) is 22.7. The average Bonchev–Trinajstić information content (AvgIpc) is 2.62. The Balaban J connectivity index is 2.09. The van der Waals surface area contributed by atoms with Crippen LogP contribution in [-0.2, 0) is 14.6 Å². The quantitative estimate of drug-likeness (QED) is 0.697. The highest BCUT2D eigenvalue weighted by Gasteiger charge is 2.22. The summed E-state index contributed by atoms with van der Waals surface area (Å²) in [5, 5.41) is 5.70. The maximum Gasteiger partial charge on any atom is 0.255 e. The molecular formula is C23H30N2O4S. The van der Waals surface area contributed by atoms with E-state index in [4.69, 9.17) is 0 Å². The van der Waals surface area contributed by atoms with Gasteiger partial charge in [-0.3, -0.25) is 9.59 Å². The number of hydrogen-bond donors (Lipinski definition) is 2. The van der Waals surface area contributed by atoms with E-state index in [9.17, 15) is 18.0 Å². The molecule has 0 aliphatic rings. The van der Waals surface area contributed by atoms with Crippen LogP contribution in [0.5, 0.6) is 0 Å². The van der Waals surface area contributed by atoms with Gasteiger partial charge in [-0.2, -0.15) is 0 Å². The highest BCUT2D eigenvalue weighted by molar-refractivity contribution is 7.90. The van der Waals surface area contributed by atoms with Crippen molar-refractivity contribution in [2.45, 2.75) is 45.9 Å². The summed E-state index contributed by atoms with van der Waals surface area (Å²) in [6.45, 7) is 10.2.